The Morgan fingerprint density at radius 3 is 3.00 bits per heavy atom. The number of para-hydroxylation sites is 1. The summed E-state index contributed by atoms with van der Waals surface area (Å²) in [5.74, 6) is 1.45. The average Bonchev–Trinajstić information content (AvgIpc) is 3.31. The quantitative estimate of drug-likeness (QED) is 0.911. The SMILES string of the molecule is Cc1cccc2c1OCC(NC(=O)Nc1cn(C)nc1C1CC1)C2. The molecule has 0 radical (unpaired) electrons. The highest BCUT2D eigenvalue weighted by Crippen LogP contribution is 2.42. The van der Waals surface area contributed by atoms with Crippen LogP contribution in [0.4, 0.5) is 10.5 Å². The fourth-order valence-electron chi connectivity index (χ4n) is 3.29. The van der Waals surface area contributed by atoms with Crippen LogP contribution >= 0.6 is 0 Å². The molecule has 0 bridgehead atoms. The highest BCUT2D eigenvalue weighted by molar-refractivity contribution is 5.90. The van der Waals surface area contributed by atoms with Gasteiger partial charge in [-0.05, 0) is 37.3 Å². The standard InChI is InChI=1S/C18H22N4O2/c1-11-4-3-5-13-8-14(10-24-17(11)13)19-18(23)20-15-9-22(2)21-16(15)12-6-7-12/h3-5,9,12,14H,6-8,10H2,1-2H3,(H2,19,20,23). The van der Waals surface area contributed by atoms with E-state index in [4.69, 9.17) is 4.74 Å². The van der Waals surface area contributed by atoms with E-state index in [0.717, 1.165) is 47.5 Å². The van der Waals surface area contributed by atoms with Crippen LogP contribution in [0.25, 0.3) is 0 Å². The lowest BCUT2D eigenvalue weighted by Gasteiger charge is -2.27. The van der Waals surface area contributed by atoms with E-state index in [-0.39, 0.29) is 12.1 Å². The maximum atomic E-state index is 12.3. The van der Waals surface area contributed by atoms with Crippen molar-refractivity contribution in [3.63, 3.8) is 0 Å². The molecule has 1 unspecified atom stereocenters. The zero-order valence-electron chi connectivity index (χ0n) is 14.0. The zero-order chi connectivity index (χ0) is 16.7. The Hall–Kier alpha value is -2.50. The lowest BCUT2D eigenvalue weighted by atomic mass is 10.0. The molecule has 1 aliphatic carbocycles. The number of anilines is 1. The van der Waals surface area contributed by atoms with E-state index in [0.29, 0.717) is 12.5 Å². The Balaban J connectivity index is 1.40. The molecule has 1 atom stereocenters. The maximum Gasteiger partial charge on any atom is 0.319 e. The third-order valence-corrected chi connectivity index (χ3v) is 4.59. The summed E-state index contributed by atoms with van der Waals surface area (Å²) in [6.45, 7) is 2.54. The van der Waals surface area contributed by atoms with E-state index in [2.05, 4.69) is 21.8 Å². The van der Waals surface area contributed by atoms with Crippen LogP contribution in [-0.4, -0.2) is 28.5 Å². The number of hydrogen-bond acceptors (Lipinski definition) is 3. The van der Waals surface area contributed by atoms with Crippen molar-refractivity contribution in [3.8, 4) is 5.75 Å². The Labute approximate surface area is 141 Å². The molecule has 4 rings (SSSR count). The summed E-state index contributed by atoms with van der Waals surface area (Å²) in [5.41, 5.74) is 4.09. The number of carbonyl (C=O) groups is 1. The minimum atomic E-state index is -0.199. The number of urea groups is 1. The molecule has 0 saturated heterocycles. The number of ether oxygens (including phenoxy) is 1. The summed E-state index contributed by atoms with van der Waals surface area (Å²) < 4.78 is 7.59. The van der Waals surface area contributed by atoms with Crippen molar-refractivity contribution in [2.45, 2.75) is 38.1 Å². The summed E-state index contributed by atoms with van der Waals surface area (Å²) in [5, 5.41) is 10.4. The molecule has 24 heavy (non-hydrogen) atoms. The van der Waals surface area contributed by atoms with Crippen molar-refractivity contribution in [2.75, 3.05) is 11.9 Å². The van der Waals surface area contributed by atoms with Crippen molar-refractivity contribution < 1.29 is 9.53 Å². The van der Waals surface area contributed by atoms with Crippen LogP contribution in [0.1, 0.15) is 35.6 Å². The molecule has 1 aliphatic heterocycles. The Morgan fingerprint density at radius 2 is 2.21 bits per heavy atom. The van der Waals surface area contributed by atoms with Crippen molar-refractivity contribution in [2.24, 2.45) is 7.05 Å². The lowest BCUT2D eigenvalue weighted by molar-refractivity contribution is 0.222. The van der Waals surface area contributed by atoms with Gasteiger partial charge in [0.15, 0.2) is 0 Å². The number of fused-ring (bicyclic) bond motifs is 1. The van der Waals surface area contributed by atoms with Crippen molar-refractivity contribution in [1.82, 2.24) is 15.1 Å². The van der Waals surface area contributed by atoms with E-state index in [1.165, 1.54) is 0 Å². The maximum absolute atomic E-state index is 12.3. The summed E-state index contributed by atoms with van der Waals surface area (Å²) in [7, 11) is 1.88. The molecule has 1 saturated carbocycles. The normalized spacial score (nSPS) is 19.3. The first-order valence-electron chi connectivity index (χ1n) is 8.42. The first-order valence-corrected chi connectivity index (χ1v) is 8.42. The third kappa shape index (κ3) is 2.96. The molecule has 2 aliphatic rings. The van der Waals surface area contributed by atoms with Gasteiger partial charge in [-0.3, -0.25) is 4.68 Å². The molecule has 2 heterocycles. The van der Waals surface area contributed by atoms with Gasteiger partial charge in [0, 0.05) is 19.2 Å². The fourth-order valence-corrected chi connectivity index (χ4v) is 3.29. The molecule has 126 valence electrons. The topological polar surface area (TPSA) is 68.2 Å². The number of aromatic nitrogens is 2. The van der Waals surface area contributed by atoms with Gasteiger partial charge < -0.3 is 15.4 Å². The number of hydrogen-bond donors (Lipinski definition) is 2. The highest BCUT2D eigenvalue weighted by Gasteiger charge is 2.30. The number of benzene rings is 1. The predicted octanol–water partition coefficient (Wildman–Crippen LogP) is 2.73. The largest absolute Gasteiger partial charge is 0.491 e. The summed E-state index contributed by atoms with van der Waals surface area (Å²) in [4.78, 5) is 12.3. The van der Waals surface area contributed by atoms with Gasteiger partial charge in [0.05, 0.1) is 17.4 Å². The van der Waals surface area contributed by atoms with Crippen LogP contribution in [0.2, 0.25) is 0 Å². The van der Waals surface area contributed by atoms with Gasteiger partial charge in [-0.15, -0.1) is 0 Å². The Morgan fingerprint density at radius 1 is 1.38 bits per heavy atom. The van der Waals surface area contributed by atoms with Crippen LogP contribution in [0.3, 0.4) is 0 Å². The van der Waals surface area contributed by atoms with Crippen LogP contribution in [0, 0.1) is 6.92 Å². The van der Waals surface area contributed by atoms with Crippen LogP contribution < -0.4 is 15.4 Å². The van der Waals surface area contributed by atoms with Crippen LogP contribution in [-0.2, 0) is 13.5 Å². The van der Waals surface area contributed by atoms with Gasteiger partial charge in [-0.25, -0.2) is 4.79 Å². The van der Waals surface area contributed by atoms with Gasteiger partial charge in [-0.1, -0.05) is 18.2 Å². The fraction of sp³-hybridized carbons (Fsp3) is 0.444. The molecule has 1 aromatic carbocycles. The number of nitrogens with zero attached hydrogens (tertiary/aromatic N) is 2. The van der Waals surface area contributed by atoms with E-state index < -0.39 is 0 Å². The molecule has 2 amide bonds. The van der Waals surface area contributed by atoms with Gasteiger partial charge in [0.25, 0.3) is 0 Å². The summed E-state index contributed by atoms with van der Waals surface area (Å²) >= 11 is 0. The van der Waals surface area contributed by atoms with Crippen molar-refractivity contribution in [1.29, 1.82) is 0 Å². The minimum absolute atomic E-state index is 0.0275. The molecular formula is C18H22N4O2. The number of rotatable bonds is 3. The van der Waals surface area contributed by atoms with Gasteiger partial charge in [0.1, 0.15) is 12.4 Å². The smallest absolute Gasteiger partial charge is 0.319 e. The second-order valence-corrected chi connectivity index (χ2v) is 6.75. The van der Waals surface area contributed by atoms with E-state index in [1.54, 1.807) is 4.68 Å². The molecule has 2 N–H and O–H groups in total. The molecule has 6 nitrogen and oxygen atoms in total. The number of nitrogens with one attached hydrogen (secondary N) is 2. The van der Waals surface area contributed by atoms with Gasteiger partial charge >= 0.3 is 6.03 Å². The van der Waals surface area contributed by atoms with E-state index in [1.807, 2.05) is 32.3 Å². The van der Waals surface area contributed by atoms with Crippen LogP contribution in [0.5, 0.6) is 5.75 Å². The first kappa shape index (κ1) is 15.1. The zero-order valence-corrected chi connectivity index (χ0v) is 14.0. The molecule has 2 aromatic rings. The number of amides is 2. The van der Waals surface area contributed by atoms with Crippen molar-refractivity contribution >= 4 is 11.7 Å². The Kier molecular flexibility index (Phi) is 3.67. The van der Waals surface area contributed by atoms with E-state index in [9.17, 15) is 4.79 Å². The second kappa shape index (κ2) is 5.85. The van der Waals surface area contributed by atoms with Crippen molar-refractivity contribution in [3.05, 3.63) is 41.2 Å². The molecule has 0 spiro atoms. The second-order valence-electron chi connectivity index (χ2n) is 6.75. The molecule has 1 fully saturated rings. The average molecular weight is 326 g/mol. The highest BCUT2D eigenvalue weighted by atomic mass is 16.5. The lowest BCUT2D eigenvalue weighted by Crippen LogP contribution is -2.44. The monoisotopic (exact) mass is 326 g/mol. The summed E-state index contributed by atoms with van der Waals surface area (Å²) in [6, 6.07) is 5.90. The number of carbonyl (C=O) groups excluding carboxylic acids is 1. The number of aryl methyl sites for hydroxylation is 2. The predicted molar refractivity (Wildman–Crippen MR) is 91.5 cm³/mol. The van der Waals surface area contributed by atoms with Gasteiger partial charge in [-0.2, -0.15) is 5.10 Å². The third-order valence-electron chi connectivity index (χ3n) is 4.59. The molecule has 1 aromatic heterocycles. The van der Waals surface area contributed by atoms with E-state index >= 15 is 0 Å². The van der Waals surface area contributed by atoms with Crippen LogP contribution in [0.15, 0.2) is 24.4 Å². The van der Waals surface area contributed by atoms with Gasteiger partial charge in [0.2, 0.25) is 0 Å². The first-order chi connectivity index (χ1) is 11.6. The molecular weight excluding hydrogens is 304 g/mol. The molecule has 6 heteroatoms. The Bertz CT molecular complexity index is 779. The summed E-state index contributed by atoms with van der Waals surface area (Å²) in [6.07, 6.45) is 4.95. The minimum Gasteiger partial charge on any atom is -0.491 e.